The Morgan fingerprint density at radius 1 is 1.35 bits per heavy atom. The molecule has 0 fully saturated rings. The van der Waals surface area contributed by atoms with Crippen molar-refractivity contribution in [2.24, 2.45) is 4.99 Å². The second-order valence-corrected chi connectivity index (χ2v) is 4.83. The first-order valence-electron chi connectivity index (χ1n) is 6.80. The Balaban J connectivity index is 0.00000361. The van der Waals surface area contributed by atoms with Gasteiger partial charge in [0.1, 0.15) is 5.76 Å². The maximum absolute atomic E-state index is 5.28. The minimum Gasteiger partial charge on any atom is -0.469 e. The average molecular weight is 394 g/mol. The highest BCUT2D eigenvalue weighted by Crippen LogP contribution is 1.99. The normalized spacial score (nSPS) is 11.6. The Labute approximate surface area is 139 Å². The van der Waals surface area contributed by atoms with Gasteiger partial charge in [-0.3, -0.25) is 4.99 Å². The first-order valence-corrected chi connectivity index (χ1v) is 6.80. The molecule has 2 N–H and O–H groups in total. The zero-order valence-corrected chi connectivity index (χ0v) is 15.2. The van der Waals surface area contributed by atoms with Crippen molar-refractivity contribution in [1.29, 1.82) is 0 Å². The Bertz CT molecular complexity index is 365. The summed E-state index contributed by atoms with van der Waals surface area (Å²) in [5.74, 6) is 1.83. The highest BCUT2D eigenvalue weighted by molar-refractivity contribution is 14.0. The third-order valence-electron chi connectivity index (χ3n) is 3.11. The van der Waals surface area contributed by atoms with Crippen molar-refractivity contribution in [3.63, 3.8) is 0 Å². The van der Waals surface area contributed by atoms with Gasteiger partial charge in [-0.1, -0.05) is 0 Å². The van der Waals surface area contributed by atoms with Crippen LogP contribution in [-0.2, 0) is 6.42 Å². The van der Waals surface area contributed by atoms with Crippen molar-refractivity contribution < 1.29 is 4.42 Å². The van der Waals surface area contributed by atoms with Gasteiger partial charge >= 0.3 is 0 Å². The van der Waals surface area contributed by atoms with Crippen LogP contribution in [0.3, 0.4) is 0 Å². The second kappa shape index (κ2) is 11.0. The summed E-state index contributed by atoms with van der Waals surface area (Å²) in [4.78, 5) is 6.49. The molecule has 0 atom stereocenters. The molecule has 0 aliphatic heterocycles. The van der Waals surface area contributed by atoms with E-state index in [9.17, 15) is 0 Å². The van der Waals surface area contributed by atoms with Crippen molar-refractivity contribution in [3.8, 4) is 0 Å². The quantitative estimate of drug-likeness (QED) is 0.422. The van der Waals surface area contributed by atoms with E-state index in [1.54, 1.807) is 13.3 Å². The summed E-state index contributed by atoms with van der Waals surface area (Å²) >= 11 is 0. The van der Waals surface area contributed by atoms with E-state index in [0.29, 0.717) is 6.04 Å². The smallest absolute Gasteiger partial charge is 0.191 e. The molecule has 0 radical (unpaired) electrons. The van der Waals surface area contributed by atoms with E-state index in [2.05, 4.69) is 41.4 Å². The lowest BCUT2D eigenvalue weighted by Crippen LogP contribution is -2.42. The van der Waals surface area contributed by atoms with Crippen LogP contribution in [0.5, 0.6) is 0 Å². The van der Waals surface area contributed by atoms with Crippen molar-refractivity contribution in [2.45, 2.75) is 26.3 Å². The summed E-state index contributed by atoms with van der Waals surface area (Å²) in [6.45, 7) is 7.08. The van der Waals surface area contributed by atoms with E-state index in [0.717, 1.165) is 37.8 Å². The van der Waals surface area contributed by atoms with Gasteiger partial charge in [-0.2, -0.15) is 0 Å². The first-order chi connectivity index (χ1) is 9.13. The van der Waals surface area contributed by atoms with Gasteiger partial charge in [-0.15, -0.1) is 24.0 Å². The lowest BCUT2D eigenvalue weighted by molar-refractivity contribution is 0.278. The van der Waals surface area contributed by atoms with Crippen molar-refractivity contribution >= 4 is 29.9 Å². The maximum Gasteiger partial charge on any atom is 0.191 e. The number of guanidine groups is 1. The summed E-state index contributed by atoms with van der Waals surface area (Å²) in [5.41, 5.74) is 0. The van der Waals surface area contributed by atoms with Gasteiger partial charge in [0, 0.05) is 39.1 Å². The molecule has 116 valence electrons. The van der Waals surface area contributed by atoms with Crippen LogP contribution in [0.15, 0.2) is 27.8 Å². The van der Waals surface area contributed by atoms with Crippen LogP contribution in [0.4, 0.5) is 0 Å². The zero-order chi connectivity index (χ0) is 14.1. The number of furan rings is 1. The number of hydrogen-bond acceptors (Lipinski definition) is 3. The Morgan fingerprint density at radius 2 is 2.05 bits per heavy atom. The Hall–Kier alpha value is -0.760. The summed E-state index contributed by atoms with van der Waals surface area (Å²) in [7, 11) is 3.91. The summed E-state index contributed by atoms with van der Waals surface area (Å²) in [5, 5.41) is 6.57. The SMILES string of the molecule is CN=C(NCCc1ccco1)NCCN(C)C(C)C.I. The molecule has 1 aromatic rings. The molecule has 20 heavy (non-hydrogen) atoms. The van der Waals surface area contributed by atoms with E-state index >= 15 is 0 Å². The molecule has 0 aliphatic rings. The molecule has 0 saturated carbocycles. The lowest BCUT2D eigenvalue weighted by Gasteiger charge is -2.21. The largest absolute Gasteiger partial charge is 0.469 e. The van der Waals surface area contributed by atoms with Gasteiger partial charge in [0.05, 0.1) is 6.26 Å². The van der Waals surface area contributed by atoms with E-state index in [4.69, 9.17) is 4.42 Å². The Morgan fingerprint density at radius 3 is 2.60 bits per heavy atom. The minimum atomic E-state index is 0. The van der Waals surface area contributed by atoms with Gasteiger partial charge in [0.25, 0.3) is 0 Å². The fourth-order valence-electron chi connectivity index (χ4n) is 1.59. The molecule has 0 amide bonds. The zero-order valence-electron chi connectivity index (χ0n) is 12.8. The molecule has 0 bridgehead atoms. The predicted octanol–water partition coefficient (Wildman–Crippen LogP) is 1.95. The summed E-state index contributed by atoms with van der Waals surface area (Å²) in [6, 6.07) is 4.45. The van der Waals surface area contributed by atoms with Gasteiger partial charge < -0.3 is 20.0 Å². The van der Waals surface area contributed by atoms with E-state index in [1.807, 2.05) is 12.1 Å². The highest BCUT2D eigenvalue weighted by Gasteiger charge is 2.03. The van der Waals surface area contributed by atoms with E-state index in [1.165, 1.54) is 0 Å². The molecule has 1 aromatic heterocycles. The summed E-state index contributed by atoms with van der Waals surface area (Å²) < 4.78 is 5.28. The highest BCUT2D eigenvalue weighted by atomic mass is 127. The molecular weight excluding hydrogens is 367 g/mol. The van der Waals surface area contributed by atoms with Crippen molar-refractivity contribution in [2.75, 3.05) is 33.7 Å². The number of halogens is 1. The molecule has 1 heterocycles. The van der Waals surface area contributed by atoms with Gasteiger partial charge in [0.15, 0.2) is 5.96 Å². The molecule has 6 heteroatoms. The van der Waals surface area contributed by atoms with E-state index in [-0.39, 0.29) is 24.0 Å². The molecule has 0 spiro atoms. The molecule has 5 nitrogen and oxygen atoms in total. The van der Waals surface area contributed by atoms with Crippen LogP contribution in [0.2, 0.25) is 0 Å². The van der Waals surface area contributed by atoms with Crippen LogP contribution < -0.4 is 10.6 Å². The third-order valence-corrected chi connectivity index (χ3v) is 3.11. The molecule has 0 saturated heterocycles. The van der Waals surface area contributed by atoms with E-state index < -0.39 is 0 Å². The van der Waals surface area contributed by atoms with Crippen LogP contribution >= 0.6 is 24.0 Å². The maximum atomic E-state index is 5.28. The first kappa shape index (κ1) is 19.2. The predicted molar refractivity (Wildman–Crippen MR) is 95.0 cm³/mol. The molecule has 0 aromatic carbocycles. The fourth-order valence-corrected chi connectivity index (χ4v) is 1.59. The minimum absolute atomic E-state index is 0. The summed E-state index contributed by atoms with van der Waals surface area (Å²) in [6.07, 6.45) is 2.56. The molecule has 1 rings (SSSR count). The van der Waals surface area contributed by atoms with Gasteiger partial charge in [-0.05, 0) is 33.0 Å². The molecular formula is C14H27IN4O. The molecule has 0 aliphatic carbocycles. The number of hydrogen-bond donors (Lipinski definition) is 2. The number of aliphatic imine (C=N–C) groups is 1. The van der Waals surface area contributed by atoms with Crippen LogP contribution in [-0.4, -0.2) is 50.6 Å². The monoisotopic (exact) mass is 394 g/mol. The second-order valence-electron chi connectivity index (χ2n) is 4.83. The standard InChI is InChI=1S/C14H26N4O.HI/c1-12(2)18(4)10-9-17-14(15-3)16-8-7-13-6-5-11-19-13;/h5-6,11-12H,7-10H2,1-4H3,(H2,15,16,17);1H. The average Bonchev–Trinajstić information content (AvgIpc) is 2.89. The van der Waals surface area contributed by atoms with Crippen molar-refractivity contribution in [3.05, 3.63) is 24.2 Å². The van der Waals surface area contributed by atoms with Crippen LogP contribution in [0, 0.1) is 0 Å². The topological polar surface area (TPSA) is 52.8 Å². The Kier molecular flexibility index (Phi) is 10.5. The molecule has 0 unspecified atom stereocenters. The third kappa shape index (κ3) is 7.74. The lowest BCUT2D eigenvalue weighted by atomic mass is 10.3. The number of rotatable bonds is 7. The van der Waals surface area contributed by atoms with Crippen molar-refractivity contribution in [1.82, 2.24) is 15.5 Å². The van der Waals surface area contributed by atoms with Gasteiger partial charge in [0.2, 0.25) is 0 Å². The number of nitrogens with zero attached hydrogens (tertiary/aromatic N) is 2. The van der Waals surface area contributed by atoms with Crippen LogP contribution in [0.25, 0.3) is 0 Å². The number of likely N-dealkylation sites (N-methyl/N-ethyl adjacent to an activating group) is 1. The number of nitrogens with one attached hydrogen (secondary N) is 2. The fraction of sp³-hybridized carbons (Fsp3) is 0.643. The van der Waals surface area contributed by atoms with Gasteiger partial charge in [-0.25, -0.2) is 0 Å². The van der Waals surface area contributed by atoms with Crippen LogP contribution in [0.1, 0.15) is 19.6 Å².